The van der Waals surface area contributed by atoms with E-state index in [2.05, 4.69) is 38.1 Å². The van der Waals surface area contributed by atoms with Crippen LogP contribution in [0.5, 0.6) is 0 Å². The fraction of sp³-hybridized carbons (Fsp3) is 0.533. The molecule has 0 bridgehead atoms. The van der Waals surface area contributed by atoms with Gasteiger partial charge in [0.15, 0.2) is 0 Å². The fourth-order valence-corrected chi connectivity index (χ4v) is 5.84. The molecule has 0 spiro atoms. The average Bonchev–Trinajstić information content (AvgIpc) is 2.86. The van der Waals surface area contributed by atoms with Crippen LogP contribution in [0.3, 0.4) is 0 Å². The molecule has 0 aliphatic carbocycles. The molecule has 192 valence electrons. The van der Waals surface area contributed by atoms with Gasteiger partial charge in [0.1, 0.15) is 0 Å². The average molecular weight is 499 g/mol. The highest BCUT2D eigenvalue weighted by molar-refractivity contribution is 7.99. The molecular formula is C30H42O4S. The van der Waals surface area contributed by atoms with Crippen LogP contribution < -0.4 is 0 Å². The number of aliphatic carboxylic acids is 2. The maximum Gasteiger partial charge on any atom is 0.303 e. The lowest BCUT2D eigenvalue weighted by Gasteiger charge is -2.30. The molecule has 0 aliphatic rings. The first-order chi connectivity index (χ1) is 16.8. The molecule has 0 aliphatic heterocycles. The van der Waals surface area contributed by atoms with E-state index < -0.39 is 11.9 Å². The summed E-state index contributed by atoms with van der Waals surface area (Å²) in [6.45, 7) is 4.40. The second-order valence-corrected chi connectivity index (χ2v) is 11.4. The third-order valence-electron chi connectivity index (χ3n) is 7.26. The first kappa shape index (κ1) is 29.0. The van der Waals surface area contributed by atoms with Crippen molar-refractivity contribution in [1.29, 1.82) is 0 Å². The van der Waals surface area contributed by atoms with Crippen molar-refractivity contribution in [2.24, 2.45) is 0 Å². The van der Waals surface area contributed by atoms with E-state index >= 15 is 0 Å². The number of rotatable bonds is 18. The zero-order valence-corrected chi connectivity index (χ0v) is 22.2. The predicted octanol–water partition coefficient (Wildman–Crippen LogP) is 7.71. The SMILES string of the molecule is CC(CCCCSCCCCC(C)(CCC(=O)O)c1ccccc1)(CCC(=O)O)c1ccccc1. The van der Waals surface area contributed by atoms with Crippen molar-refractivity contribution in [3.8, 4) is 0 Å². The second kappa shape index (κ2) is 15.0. The molecule has 2 N–H and O–H groups in total. The molecule has 0 radical (unpaired) electrons. The summed E-state index contributed by atoms with van der Waals surface area (Å²) >= 11 is 1.99. The van der Waals surface area contributed by atoms with Crippen molar-refractivity contribution in [2.75, 3.05) is 11.5 Å². The van der Waals surface area contributed by atoms with Gasteiger partial charge in [-0.2, -0.15) is 11.8 Å². The van der Waals surface area contributed by atoms with Crippen molar-refractivity contribution in [1.82, 2.24) is 0 Å². The highest BCUT2D eigenvalue weighted by Gasteiger charge is 2.27. The Morgan fingerprint density at radius 3 is 1.34 bits per heavy atom. The summed E-state index contributed by atoms with van der Waals surface area (Å²) in [6, 6.07) is 20.6. The summed E-state index contributed by atoms with van der Waals surface area (Å²) in [6.07, 6.45) is 8.22. The Kier molecular flexibility index (Phi) is 12.4. The first-order valence-electron chi connectivity index (χ1n) is 12.9. The summed E-state index contributed by atoms with van der Waals surface area (Å²) in [7, 11) is 0. The van der Waals surface area contributed by atoms with Gasteiger partial charge in [-0.1, -0.05) is 87.4 Å². The summed E-state index contributed by atoms with van der Waals surface area (Å²) < 4.78 is 0. The summed E-state index contributed by atoms with van der Waals surface area (Å²) in [5, 5.41) is 18.4. The second-order valence-electron chi connectivity index (χ2n) is 10.2. The van der Waals surface area contributed by atoms with E-state index in [1.54, 1.807) is 0 Å². The van der Waals surface area contributed by atoms with Gasteiger partial charge in [-0.25, -0.2) is 0 Å². The zero-order valence-electron chi connectivity index (χ0n) is 21.4. The lowest BCUT2D eigenvalue weighted by atomic mass is 9.75. The third kappa shape index (κ3) is 10.5. The molecule has 2 rings (SSSR count). The fourth-order valence-electron chi connectivity index (χ4n) is 4.81. The topological polar surface area (TPSA) is 74.6 Å². The number of hydrogen-bond donors (Lipinski definition) is 2. The first-order valence-corrected chi connectivity index (χ1v) is 14.0. The van der Waals surface area contributed by atoms with Crippen LogP contribution in [0, 0.1) is 0 Å². The summed E-state index contributed by atoms with van der Waals surface area (Å²) in [5.41, 5.74) is 2.28. The van der Waals surface area contributed by atoms with Gasteiger partial charge < -0.3 is 10.2 Å². The van der Waals surface area contributed by atoms with E-state index in [-0.39, 0.29) is 23.7 Å². The number of carboxylic acid groups (broad SMARTS) is 2. The van der Waals surface area contributed by atoms with E-state index in [0.717, 1.165) is 50.0 Å². The Morgan fingerprint density at radius 1 is 0.629 bits per heavy atom. The lowest BCUT2D eigenvalue weighted by Crippen LogP contribution is -2.23. The maximum absolute atomic E-state index is 11.2. The predicted molar refractivity (Wildman–Crippen MR) is 146 cm³/mol. The monoisotopic (exact) mass is 498 g/mol. The van der Waals surface area contributed by atoms with Gasteiger partial charge in [0, 0.05) is 12.8 Å². The number of unbranched alkanes of at least 4 members (excludes halogenated alkanes) is 2. The molecule has 35 heavy (non-hydrogen) atoms. The van der Waals surface area contributed by atoms with Crippen molar-refractivity contribution in [3.63, 3.8) is 0 Å². The highest BCUT2D eigenvalue weighted by atomic mass is 32.2. The van der Waals surface area contributed by atoms with E-state index in [9.17, 15) is 19.8 Å². The number of hydrogen-bond acceptors (Lipinski definition) is 3. The molecule has 0 amide bonds. The minimum atomic E-state index is -0.728. The number of benzene rings is 2. The molecule has 0 aromatic heterocycles. The van der Waals surface area contributed by atoms with Gasteiger partial charge in [-0.05, 0) is 72.0 Å². The van der Waals surface area contributed by atoms with Crippen molar-refractivity contribution in [3.05, 3.63) is 71.8 Å². The van der Waals surface area contributed by atoms with Crippen LogP contribution in [0.4, 0.5) is 0 Å². The van der Waals surface area contributed by atoms with Gasteiger partial charge >= 0.3 is 11.9 Å². The number of carboxylic acids is 2. The van der Waals surface area contributed by atoms with Crippen LogP contribution in [0.1, 0.15) is 89.2 Å². The Hall–Kier alpha value is -2.27. The summed E-state index contributed by atoms with van der Waals surface area (Å²) in [5.74, 6) is 0.792. The van der Waals surface area contributed by atoms with E-state index in [4.69, 9.17) is 0 Å². The molecule has 2 unspecified atom stereocenters. The minimum absolute atomic E-state index is 0.0951. The van der Waals surface area contributed by atoms with Crippen molar-refractivity contribution >= 4 is 23.7 Å². The molecule has 0 saturated heterocycles. The van der Waals surface area contributed by atoms with E-state index in [1.807, 2.05) is 48.2 Å². The minimum Gasteiger partial charge on any atom is -0.481 e. The normalized spacial score (nSPS) is 14.7. The summed E-state index contributed by atoms with van der Waals surface area (Å²) in [4.78, 5) is 22.3. The molecule has 0 saturated carbocycles. The van der Waals surface area contributed by atoms with Crippen LogP contribution >= 0.6 is 11.8 Å². The van der Waals surface area contributed by atoms with E-state index in [1.165, 1.54) is 11.1 Å². The van der Waals surface area contributed by atoms with Crippen LogP contribution in [0.2, 0.25) is 0 Å². The lowest BCUT2D eigenvalue weighted by molar-refractivity contribution is -0.138. The molecule has 0 fully saturated rings. The van der Waals surface area contributed by atoms with Gasteiger partial charge in [0.05, 0.1) is 0 Å². The maximum atomic E-state index is 11.2. The van der Waals surface area contributed by atoms with Crippen molar-refractivity contribution in [2.45, 2.75) is 88.9 Å². The largest absolute Gasteiger partial charge is 0.481 e. The Labute approximate surface area is 215 Å². The third-order valence-corrected chi connectivity index (χ3v) is 8.41. The van der Waals surface area contributed by atoms with Crippen LogP contribution in [0.15, 0.2) is 60.7 Å². The van der Waals surface area contributed by atoms with Gasteiger partial charge in [0.25, 0.3) is 0 Å². The standard InChI is InChI=1S/C30H42O4S/c1-29(21-17-27(31)32,25-13-5-3-6-14-25)19-9-11-23-35-24-12-10-20-30(2,22-18-28(33)34)26-15-7-4-8-16-26/h3-8,13-16H,9-12,17-24H2,1-2H3,(H,31,32)(H,33,34). The Morgan fingerprint density at radius 2 is 1.00 bits per heavy atom. The van der Waals surface area contributed by atoms with Crippen LogP contribution in [-0.4, -0.2) is 33.7 Å². The van der Waals surface area contributed by atoms with Crippen molar-refractivity contribution < 1.29 is 19.8 Å². The van der Waals surface area contributed by atoms with Gasteiger partial charge in [0.2, 0.25) is 0 Å². The molecular weight excluding hydrogens is 456 g/mol. The van der Waals surface area contributed by atoms with Crippen LogP contribution in [-0.2, 0) is 20.4 Å². The highest BCUT2D eigenvalue weighted by Crippen LogP contribution is 2.36. The van der Waals surface area contributed by atoms with Gasteiger partial charge in [-0.15, -0.1) is 0 Å². The molecule has 5 heteroatoms. The number of thioether (sulfide) groups is 1. The molecule has 4 nitrogen and oxygen atoms in total. The smallest absolute Gasteiger partial charge is 0.303 e. The molecule has 2 atom stereocenters. The quantitative estimate of drug-likeness (QED) is 0.206. The van der Waals surface area contributed by atoms with E-state index in [0.29, 0.717) is 12.8 Å². The van der Waals surface area contributed by atoms with Gasteiger partial charge in [-0.3, -0.25) is 9.59 Å². The van der Waals surface area contributed by atoms with Crippen LogP contribution in [0.25, 0.3) is 0 Å². The zero-order chi connectivity index (χ0) is 25.6. The molecule has 2 aromatic carbocycles. The Balaban J connectivity index is 1.70. The molecule has 2 aromatic rings. The Bertz CT molecular complexity index is 812. The molecule has 0 heterocycles. The number of carbonyl (C=O) groups is 2.